The van der Waals surface area contributed by atoms with Crippen LogP contribution in [0.15, 0.2) is 36.4 Å². The summed E-state index contributed by atoms with van der Waals surface area (Å²) in [5.74, 6) is -0.0632. The van der Waals surface area contributed by atoms with Gasteiger partial charge < -0.3 is 5.32 Å². The summed E-state index contributed by atoms with van der Waals surface area (Å²) >= 11 is 0. The zero-order valence-electron chi connectivity index (χ0n) is 16.8. The predicted molar refractivity (Wildman–Crippen MR) is 110 cm³/mol. The van der Waals surface area contributed by atoms with Crippen molar-refractivity contribution in [2.45, 2.75) is 32.7 Å². The molecule has 2 aromatic heterocycles. The lowest BCUT2D eigenvalue weighted by Gasteiger charge is -2.28. The highest BCUT2D eigenvalue weighted by Crippen LogP contribution is 2.25. The Hall–Kier alpha value is -2.73. The highest BCUT2D eigenvalue weighted by atomic mass is 16.1. The maximum atomic E-state index is 13.1. The Balaban J connectivity index is 1.60. The van der Waals surface area contributed by atoms with Crippen LogP contribution >= 0.6 is 0 Å². The molecule has 1 fully saturated rings. The third-order valence-electron chi connectivity index (χ3n) is 5.56. The van der Waals surface area contributed by atoms with Gasteiger partial charge in [-0.05, 0) is 51.4 Å². The lowest BCUT2D eigenvalue weighted by atomic mass is 10.0. The van der Waals surface area contributed by atoms with E-state index in [0.29, 0.717) is 12.1 Å². The first-order chi connectivity index (χ1) is 13.5. The molecule has 3 aromatic rings. The van der Waals surface area contributed by atoms with Crippen LogP contribution in [0.4, 0.5) is 0 Å². The molecular formula is C22H27N5O. The molecule has 1 aliphatic heterocycles. The van der Waals surface area contributed by atoms with Crippen molar-refractivity contribution in [1.29, 1.82) is 0 Å². The Morgan fingerprint density at radius 3 is 2.61 bits per heavy atom. The highest BCUT2D eigenvalue weighted by Gasteiger charge is 2.25. The van der Waals surface area contributed by atoms with Crippen molar-refractivity contribution < 1.29 is 4.79 Å². The molecular weight excluding hydrogens is 350 g/mol. The van der Waals surface area contributed by atoms with E-state index in [0.717, 1.165) is 35.5 Å². The van der Waals surface area contributed by atoms with Gasteiger partial charge in [0.25, 0.3) is 5.91 Å². The summed E-state index contributed by atoms with van der Waals surface area (Å²) in [6.07, 6.45) is 2.44. The number of aryl methyl sites for hydroxylation is 3. The van der Waals surface area contributed by atoms with Gasteiger partial charge in [-0.3, -0.25) is 14.4 Å². The SMILES string of the molecule is Cc1cc(C(=O)NCC(c2ccccc2)N2CCCC2)c2c(C)nn(C)c2n1. The van der Waals surface area contributed by atoms with Crippen LogP contribution in [-0.2, 0) is 7.05 Å². The summed E-state index contributed by atoms with van der Waals surface area (Å²) in [5, 5.41) is 8.47. The minimum absolute atomic E-state index is 0.0632. The van der Waals surface area contributed by atoms with Gasteiger partial charge in [-0.2, -0.15) is 5.10 Å². The molecule has 1 N–H and O–H groups in total. The third kappa shape index (κ3) is 3.52. The number of nitrogens with one attached hydrogen (secondary N) is 1. The molecule has 28 heavy (non-hydrogen) atoms. The maximum absolute atomic E-state index is 13.1. The predicted octanol–water partition coefficient (Wildman–Crippen LogP) is 3.15. The number of aromatic nitrogens is 3. The standard InChI is InChI=1S/C22H27N5O/c1-15-13-18(20-16(2)25-26(3)21(20)24-15)22(28)23-14-19(27-11-7-8-12-27)17-9-5-4-6-10-17/h4-6,9-10,13,19H,7-8,11-12,14H2,1-3H3,(H,23,28). The normalized spacial score (nSPS) is 15.8. The summed E-state index contributed by atoms with van der Waals surface area (Å²) in [7, 11) is 1.86. The first kappa shape index (κ1) is 18.6. The average molecular weight is 377 g/mol. The number of fused-ring (bicyclic) bond motifs is 1. The zero-order valence-corrected chi connectivity index (χ0v) is 16.8. The fourth-order valence-electron chi connectivity index (χ4n) is 4.22. The van der Waals surface area contributed by atoms with Gasteiger partial charge >= 0.3 is 0 Å². The lowest BCUT2D eigenvalue weighted by molar-refractivity contribution is 0.0939. The van der Waals surface area contributed by atoms with Gasteiger partial charge in [-0.15, -0.1) is 0 Å². The topological polar surface area (TPSA) is 63.1 Å². The number of hydrogen-bond donors (Lipinski definition) is 1. The molecule has 3 heterocycles. The number of hydrogen-bond acceptors (Lipinski definition) is 4. The highest BCUT2D eigenvalue weighted by molar-refractivity contribution is 6.06. The monoisotopic (exact) mass is 377 g/mol. The average Bonchev–Trinajstić information content (AvgIpc) is 3.31. The number of carbonyl (C=O) groups is 1. The number of carbonyl (C=O) groups excluding carboxylic acids is 1. The molecule has 1 saturated heterocycles. The van der Waals surface area contributed by atoms with Gasteiger partial charge in [0.2, 0.25) is 0 Å². The van der Waals surface area contributed by atoms with Crippen LogP contribution in [0, 0.1) is 13.8 Å². The Morgan fingerprint density at radius 2 is 1.89 bits per heavy atom. The molecule has 0 radical (unpaired) electrons. The van der Waals surface area contributed by atoms with E-state index in [2.05, 4.69) is 44.6 Å². The summed E-state index contributed by atoms with van der Waals surface area (Å²) < 4.78 is 1.74. The van der Waals surface area contributed by atoms with Gasteiger partial charge in [0.05, 0.1) is 22.7 Å². The molecule has 0 bridgehead atoms. The van der Waals surface area contributed by atoms with Crippen molar-refractivity contribution in [3.8, 4) is 0 Å². The van der Waals surface area contributed by atoms with Crippen LogP contribution in [0.3, 0.4) is 0 Å². The molecule has 0 spiro atoms. The molecule has 146 valence electrons. The number of rotatable bonds is 5. The quantitative estimate of drug-likeness (QED) is 0.742. The Kier molecular flexibility index (Phi) is 5.13. The van der Waals surface area contributed by atoms with E-state index in [9.17, 15) is 4.79 Å². The molecule has 6 heteroatoms. The molecule has 1 atom stereocenters. The van der Waals surface area contributed by atoms with E-state index < -0.39 is 0 Å². The van der Waals surface area contributed by atoms with Crippen molar-refractivity contribution in [2.24, 2.45) is 7.05 Å². The number of amides is 1. The molecule has 6 nitrogen and oxygen atoms in total. The lowest BCUT2D eigenvalue weighted by Crippen LogP contribution is -2.37. The van der Waals surface area contributed by atoms with Crippen LogP contribution in [0.25, 0.3) is 11.0 Å². The summed E-state index contributed by atoms with van der Waals surface area (Å²) in [6, 6.07) is 12.5. The third-order valence-corrected chi connectivity index (χ3v) is 5.56. The van der Waals surface area contributed by atoms with Crippen LogP contribution in [0.1, 0.15) is 46.2 Å². The Labute approximate surface area is 165 Å². The summed E-state index contributed by atoms with van der Waals surface area (Å²) in [4.78, 5) is 20.2. The number of benzene rings is 1. The van der Waals surface area contributed by atoms with E-state index in [1.54, 1.807) is 4.68 Å². The van der Waals surface area contributed by atoms with E-state index in [4.69, 9.17) is 0 Å². The summed E-state index contributed by atoms with van der Waals surface area (Å²) in [6.45, 7) is 6.58. The van der Waals surface area contributed by atoms with Gasteiger partial charge in [-0.1, -0.05) is 30.3 Å². The smallest absolute Gasteiger partial charge is 0.252 e. The van der Waals surface area contributed by atoms with E-state index >= 15 is 0 Å². The molecule has 1 amide bonds. The number of likely N-dealkylation sites (tertiary alicyclic amines) is 1. The van der Waals surface area contributed by atoms with Crippen molar-refractivity contribution >= 4 is 16.9 Å². The first-order valence-corrected chi connectivity index (χ1v) is 9.92. The summed E-state index contributed by atoms with van der Waals surface area (Å²) in [5.41, 5.74) is 4.30. The fourth-order valence-corrected chi connectivity index (χ4v) is 4.22. The molecule has 1 aromatic carbocycles. The first-order valence-electron chi connectivity index (χ1n) is 9.92. The van der Waals surface area contributed by atoms with E-state index in [1.165, 1.54) is 18.4 Å². The molecule has 1 aliphatic rings. The van der Waals surface area contributed by atoms with Crippen molar-refractivity contribution in [3.63, 3.8) is 0 Å². The minimum Gasteiger partial charge on any atom is -0.350 e. The largest absolute Gasteiger partial charge is 0.350 e. The number of nitrogens with zero attached hydrogens (tertiary/aromatic N) is 4. The fraction of sp³-hybridized carbons (Fsp3) is 0.409. The van der Waals surface area contributed by atoms with E-state index in [-0.39, 0.29) is 11.9 Å². The Morgan fingerprint density at radius 1 is 1.18 bits per heavy atom. The number of pyridine rings is 1. The van der Waals surface area contributed by atoms with Gasteiger partial charge in [-0.25, -0.2) is 4.98 Å². The van der Waals surface area contributed by atoms with E-state index in [1.807, 2.05) is 33.0 Å². The molecule has 0 saturated carbocycles. The van der Waals surface area contributed by atoms with Crippen LogP contribution in [-0.4, -0.2) is 45.2 Å². The second-order valence-corrected chi connectivity index (χ2v) is 7.60. The minimum atomic E-state index is -0.0632. The van der Waals surface area contributed by atoms with Crippen molar-refractivity contribution in [2.75, 3.05) is 19.6 Å². The van der Waals surface area contributed by atoms with Gasteiger partial charge in [0.15, 0.2) is 5.65 Å². The maximum Gasteiger partial charge on any atom is 0.252 e. The van der Waals surface area contributed by atoms with Crippen molar-refractivity contribution in [1.82, 2.24) is 25.0 Å². The van der Waals surface area contributed by atoms with Crippen LogP contribution < -0.4 is 5.32 Å². The molecule has 4 rings (SSSR count). The van der Waals surface area contributed by atoms with Crippen LogP contribution in [0.5, 0.6) is 0 Å². The van der Waals surface area contributed by atoms with Crippen molar-refractivity contribution in [3.05, 3.63) is 58.9 Å². The van der Waals surface area contributed by atoms with Crippen LogP contribution in [0.2, 0.25) is 0 Å². The molecule has 1 unspecified atom stereocenters. The second-order valence-electron chi connectivity index (χ2n) is 7.60. The van der Waals surface area contributed by atoms with Gasteiger partial charge in [0, 0.05) is 19.3 Å². The molecule has 0 aliphatic carbocycles. The van der Waals surface area contributed by atoms with Gasteiger partial charge in [0.1, 0.15) is 0 Å². The zero-order chi connectivity index (χ0) is 19.7. The Bertz CT molecular complexity index is 989. The second kappa shape index (κ2) is 7.72.